The molecule has 0 saturated heterocycles. The number of aryl methyl sites for hydroxylation is 1. The number of hydrogen-bond acceptors (Lipinski definition) is 6. The lowest BCUT2D eigenvalue weighted by atomic mass is 10.1. The van der Waals surface area contributed by atoms with Crippen LogP contribution in [0.25, 0.3) is 0 Å². The highest BCUT2D eigenvalue weighted by molar-refractivity contribution is 5.95. The van der Waals surface area contributed by atoms with Crippen molar-refractivity contribution in [1.29, 1.82) is 0 Å². The third-order valence-electron chi connectivity index (χ3n) is 3.25. The van der Waals surface area contributed by atoms with Crippen LogP contribution in [0.1, 0.15) is 32.3 Å². The van der Waals surface area contributed by atoms with Crippen molar-refractivity contribution >= 4 is 11.9 Å². The molecule has 0 aliphatic carbocycles. The highest BCUT2D eigenvalue weighted by atomic mass is 16.7. The van der Waals surface area contributed by atoms with E-state index in [0.29, 0.717) is 6.61 Å². The molecule has 0 radical (unpaired) electrons. The van der Waals surface area contributed by atoms with Crippen molar-refractivity contribution in [3.8, 4) is 0 Å². The van der Waals surface area contributed by atoms with Crippen LogP contribution in [0.15, 0.2) is 40.3 Å². The van der Waals surface area contributed by atoms with Crippen LogP contribution in [0.3, 0.4) is 0 Å². The molecule has 1 aliphatic heterocycles. The number of hydroxylamine groups is 2. The van der Waals surface area contributed by atoms with Crippen LogP contribution < -0.4 is 11.5 Å². The number of aliphatic imine (C=N–C) groups is 2. The number of guanidine groups is 2. The van der Waals surface area contributed by atoms with Gasteiger partial charge in [-0.3, -0.25) is 4.84 Å². The van der Waals surface area contributed by atoms with Gasteiger partial charge in [-0.15, -0.1) is 0 Å². The Hall–Kier alpha value is -2.08. The van der Waals surface area contributed by atoms with E-state index in [-0.39, 0.29) is 11.9 Å². The second-order valence-electron chi connectivity index (χ2n) is 5.50. The summed E-state index contributed by atoms with van der Waals surface area (Å²) in [6.45, 7) is 4.33. The highest BCUT2D eigenvalue weighted by Crippen LogP contribution is 2.20. The van der Waals surface area contributed by atoms with Crippen molar-refractivity contribution < 1.29 is 4.84 Å². The molecule has 0 atom stereocenters. The van der Waals surface area contributed by atoms with Crippen LogP contribution in [0, 0.1) is 0 Å². The Morgan fingerprint density at radius 1 is 1.14 bits per heavy atom. The molecule has 0 amide bonds. The van der Waals surface area contributed by atoms with Gasteiger partial charge in [-0.25, -0.2) is 4.99 Å². The molecule has 0 unspecified atom stereocenters. The van der Waals surface area contributed by atoms with E-state index in [1.165, 1.54) is 10.6 Å². The summed E-state index contributed by atoms with van der Waals surface area (Å²) in [5.41, 5.74) is 12.2. The van der Waals surface area contributed by atoms with Crippen LogP contribution in [0.4, 0.5) is 0 Å². The summed E-state index contributed by atoms with van der Waals surface area (Å²) in [6.07, 6.45) is 3.04. The zero-order chi connectivity index (χ0) is 15.3. The van der Waals surface area contributed by atoms with E-state index in [0.717, 1.165) is 19.3 Å². The Morgan fingerprint density at radius 3 is 2.52 bits per heavy atom. The predicted octanol–water partition coefficient (Wildman–Crippen LogP) is 1.62. The molecule has 1 aromatic carbocycles. The van der Waals surface area contributed by atoms with Gasteiger partial charge in [-0.2, -0.15) is 10.1 Å². The summed E-state index contributed by atoms with van der Waals surface area (Å²) >= 11 is 0. The third-order valence-corrected chi connectivity index (χ3v) is 3.25. The molecule has 0 aromatic heterocycles. The van der Waals surface area contributed by atoms with Gasteiger partial charge in [0.05, 0.1) is 6.61 Å². The van der Waals surface area contributed by atoms with E-state index in [2.05, 4.69) is 34.3 Å². The number of unbranched alkanes of at least 4 members (excludes halogenated alkanes) is 1. The minimum atomic E-state index is -0.630. The molecule has 4 N–H and O–H groups in total. The van der Waals surface area contributed by atoms with Gasteiger partial charge in [0.25, 0.3) is 0 Å². The van der Waals surface area contributed by atoms with Gasteiger partial charge in [-0.05, 0) is 38.7 Å². The van der Waals surface area contributed by atoms with Crippen LogP contribution in [-0.2, 0) is 11.3 Å². The maximum Gasteiger partial charge on any atom is 0.226 e. The van der Waals surface area contributed by atoms with E-state index in [1.807, 2.05) is 19.9 Å². The molecule has 6 nitrogen and oxygen atoms in total. The van der Waals surface area contributed by atoms with Crippen molar-refractivity contribution in [3.63, 3.8) is 0 Å². The zero-order valence-electron chi connectivity index (χ0n) is 12.6. The van der Waals surface area contributed by atoms with Gasteiger partial charge in [0.1, 0.15) is 0 Å². The Bertz CT molecular complexity index is 524. The zero-order valence-corrected chi connectivity index (χ0v) is 12.6. The van der Waals surface area contributed by atoms with E-state index in [1.54, 1.807) is 0 Å². The Balaban J connectivity index is 1.75. The fourth-order valence-corrected chi connectivity index (χ4v) is 2.25. The summed E-state index contributed by atoms with van der Waals surface area (Å²) in [5, 5.41) is 1.52. The smallest absolute Gasteiger partial charge is 0.226 e. The van der Waals surface area contributed by atoms with Gasteiger partial charge in [0.15, 0.2) is 5.66 Å². The first-order valence-corrected chi connectivity index (χ1v) is 7.15. The summed E-state index contributed by atoms with van der Waals surface area (Å²) in [4.78, 5) is 13.9. The maximum atomic E-state index is 5.84. The van der Waals surface area contributed by atoms with Crippen molar-refractivity contribution in [2.45, 2.75) is 38.8 Å². The molecule has 2 rings (SSSR count). The van der Waals surface area contributed by atoms with Gasteiger partial charge in [0, 0.05) is 0 Å². The normalized spacial score (nSPS) is 17.3. The topological polar surface area (TPSA) is 89.2 Å². The molecule has 114 valence electrons. The molecule has 21 heavy (non-hydrogen) atoms. The average Bonchev–Trinajstić information content (AvgIpc) is 2.41. The Kier molecular flexibility index (Phi) is 4.80. The lowest BCUT2D eigenvalue weighted by molar-refractivity contribution is -0.157. The minimum absolute atomic E-state index is 0.182. The highest BCUT2D eigenvalue weighted by Gasteiger charge is 2.32. The van der Waals surface area contributed by atoms with Crippen LogP contribution >= 0.6 is 0 Å². The summed E-state index contributed by atoms with van der Waals surface area (Å²) < 4.78 is 0. The van der Waals surface area contributed by atoms with E-state index >= 15 is 0 Å². The van der Waals surface area contributed by atoms with Crippen molar-refractivity contribution in [2.24, 2.45) is 21.5 Å². The van der Waals surface area contributed by atoms with Crippen LogP contribution in [0.5, 0.6) is 0 Å². The quantitative estimate of drug-likeness (QED) is 0.779. The maximum absolute atomic E-state index is 5.84. The van der Waals surface area contributed by atoms with Gasteiger partial charge < -0.3 is 11.5 Å². The van der Waals surface area contributed by atoms with Gasteiger partial charge >= 0.3 is 0 Å². The van der Waals surface area contributed by atoms with Gasteiger partial charge in [-0.1, -0.05) is 30.3 Å². The molecule has 1 aromatic rings. The predicted molar refractivity (Wildman–Crippen MR) is 84.5 cm³/mol. The Labute approximate surface area is 125 Å². The average molecular weight is 289 g/mol. The van der Waals surface area contributed by atoms with Crippen LogP contribution in [-0.4, -0.2) is 29.3 Å². The summed E-state index contributed by atoms with van der Waals surface area (Å²) in [5.74, 6) is 0.428. The van der Waals surface area contributed by atoms with Gasteiger partial charge in [0.2, 0.25) is 11.9 Å². The van der Waals surface area contributed by atoms with E-state index in [4.69, 9.17) is 16.3 Å². The molecule has 0 bridgehead atoms. The number of rotatable bonds is 6. The second kappa shape index (κ2) is 6.58. The monoisotopic (exact) mass is 289 g/mol. The Morgan fingerprint density at radius 2 is 1.86 bits per heavy atom. The SMILES string of the molecule is CC1(C)N=C(N)N=C(N)N1OCCCCc1ccccc1. The molecular weight excluding hydrogens is 266 g/mol. The summed E-state index contributed by atoms with van der Waals surface area (Å²) in [6, 6.07) is 10.4. The van der Waals surface area contributed by atoms with Crippen LogP contribution in [0.2, 0.25) is 0 Å². The fourth-order valence-electron chi connectivity index (χ4n) is 2.25. The molecule has 1 heterocycles. The third kappa shape index (κ3) is 4.19. The molecular formula is C15H23N5O. The van der Waals surface area contributed by atoms with Crippen molar-refractivity contribution in [3.05, 3.63) is 35.9 Å². The number of hydrogen-bond donors (Lipinski definition) is 2. The minimum Gasteiger partial charge on any atom is -0.368 e. The lowest BCUT2D eigenvalue weighted by Gasteiger charge is -2.36. The number of nitrogens with two attached hydrogens (primary N) is 2. The standard InChI is InChI=1S/C15H23N5O/c1-15(2)19-13(16)18-14(17)20(15)21-11-7-6-10-12-8-4-3-5-9-12/h3-5,8-9H,6-7,10-11H2,1-2H3,(H4,16,17,18,19). The molecule has 0 fully saturated rings. The number of benzene rings is 1. The fraction of sp³-hybridized carbons (Fsp3) is 0.467. The first kappa shape index (κ1) is 15.3. The van der Waals surface area contributed by atoms with Crippen molar-refractivity contribution in [2.75, 3.05) is 6.61 Å². The molecule has 1 aliphatic rings. The largest absolute Gasteiger partial charge is 0.368 e. The summed E-state index contributed by atoms with van der Waals surface area (Å²) in [7, 11) is 0. The van der Waals surface area contributed by atoms with Crippen molar-refractivity contribution in [1.82, 2.24) is 5.06 Å². The molecule has 0 saturated carbocycles. The van der Waals surface area contributed by atoms with E-state index < -0.39 is 5.66 Å². The first-order valence-electron chi connectivity index (χ1n) is 7.15. The molecule has 6 heteroatoms. The van der Waals surface area contributed by atoms with E-state index in [9.17, 15) is 0 Å². The molecule has 0 spiro atoms. The lowest BCUT2D eigenvalue weighted by Crippen LogP contribution is -2.53. The first-order chi connectivity index (χ1) is 9.99. The second-order valence-corrected chi connectivity index (χ2v) is 5.50. The number of nitrogens with zero attached hydrogens (tertiary/aromatic N) is 3.